The molecule has 45 heavy (non-hydrogen) atoms. The van der Waals surface area contributed by atoms with E-state index in [-0.39, 0.29) is 6.09 Å². The van der Waals surface area contributed by atoms with Gasteiger partial charge in [-0.1, -0.05) is 78.9 Å². The summed E-state index contributed by atoms with van der Waals surface area (Å²) in [5.74, 6) is 0. The number of unbranched alkanes of at least 4 members (excludes halogenated alkanes) is 2. The van der Waals surface area contributed by atoms with Crippen molar-refractivity contribution in [2.24, 2.45) is 0 Å². The minimum Gasteiger partial charge on any atom is -0.443 e. The maximum Gasteiger partial charge on any atom is 0.412 e. The van der Waals surface area contributed by atoms with Crippen LogP contribution in [-0.2, 0) is 15.9 Å². The predicted octanol–water partition coefficient (Wildman–Crippen LogP) is 8.43. The Morgan fingerprint density at radius 1 is 0.822 bits per heavy atom. The maximum absolute atomic E-state index is 12.9. The largest absolute Gasteiger partial charge is 0.443 e. The van der Waals surface area contributed by atoms with Crippen molar-refractivity contribution in [1.82, 2.24) is 9.80 Å². The van der Waals surface area contributed by atoms with E-state index in [0.717, 1.165) is 87.8 Å². The monoisotopic (exact) mass is 611 g/mol. The lowest BCUT2D eigenvalue weighted by atomic mass is 9.93. The second kappa shape index (κ2) is 17.5. The molecule has 0 radical (unpaired) electrons. The van der Waals surface area contributed by atoms with Crippen LogP contribution >= 0.6 is 0 Å². The van der Waals surface area contributed by atoms with Gasteiger partial charge in [0.25, 0.3) is 0 Å². The van der Waals surface area contributed by atoms with Crippen LogP contribution in [0.25, 0.3) is 11.1 Å². The summed E-state index contributed by atoms with van der Waals surface area (Å²) in [6.07, 6.45) is 11.1. The quantitative estimate of drug-likeness (QED) is 0.165. The zero-order chi connectivity index (χ0) is 31.2. The number of likely N-dealkylation sites (tertiary alicyclic amines) is 2. The number of anilines is 1. The van der Waals surface area contributed by atoms with Crippen LogP contribution in [0, 0.1) is 0 Å². The zero-order valence-electron chi connectivity index (χ0n) is 27.3. The molecule has 2 fully saturated rings. The normalized spacial score (nSPS) is 18.6. The van der Waals surface area contributed by atoms with Gasteiger partial charge >= 0.3 is 6.09 Å². The minimum atomic E-state index is -0.442. The number of para-hydroxylation sites is 1. The van der Waals surface area contributed by atoms with Crippen molar-refractivity contribution in [1.29, 1.82) is 0 Å². The Kier molecular flexibility index (Phi) is 12.9. The Balaban J connectivity index is 0.892. The highest BCUT2D eigenvalue weighted by atomic mass is 16.6. The smallest absolute Gasteiger partial charge is 0.412 e. The third kappa shape index (κ3) is 10.7. The molecule has 3 aromatic rings. The van der Waals surface area contributed by atoms with E-state index in [1.54, 1.807) is 0 Å². The van der Waals surface area contributed by atoms with Gasteiger partial charge in [-0.15, -0.1) is 0 Å². The lowest BCUT2D eigenvalue weighted by Gasteiger charge is -2.38. The van der Waals surface area contributed by atoms with Crippen molar-refractivity contribution in [3.63, 3.8) is 0 Å². The number of ether oxygens (including phenoxy) is 2. The molecule has 6 heteroatoms. The van der Waals surface area contributed by atoms with Gasteiger partial charge in [-0.3, -0.25) is 5.32 Å². The summed E-state index contributed by atoms with van der Waals surface area (Å²) < 4.78 is 12.0. The van der Waals surface area contributed by atoms with Crippen molar-refractivity contribution < 1.29 is 14.3 Å². The molecule has 2 heterocycles. The number of hydrogen-bond donors (Lipinski definition) is 1. The van der Waals surface area contributed by atoms with E-state index in [4.69, 9.17) is 9.47 Å². The molecule has 2 aliphatic rings. The van der Waals surface area contributed by atoms with Crippen molar-refractivity contribution in [2.45, 2.75) is 82.8 Å². The highest BCUT2D eigenvalue weighted by Gasteiger charge is 2.33. The van der Waals surface area contributed by atoms with Crippen molar-refractivity contribution in [2.75, 3.05) is 51.3 Å². The molecule has 0 aliphatic carbocycles. The molecule has 0 spiro atoms. The molecule has 242 valence electrons. The van der Waals surface area contributed by atoms with Crippen molar-refractivity contribution in [3.05, 3.63) is 90.5 Å². The number of hydrogen-bond acceptors (Lipinski definition) is 5. The fraction of sp³-hybridized carbons (Fsp3) is 0.513. The topological polar surface area (TPSA) is 54.0 Å². The number of aryl methyl sites for hydroxylation is 1. The number of nitrogens with zero attached hydrogens (tertiary/aromatic N) is 2. The second-order valence-electron chi connectivity index (χ2n) is 13.1. The molecule has 1 unspecified atom stereocenters. The number of amides is 1. The maximum atomic E-state index is 12.9. The molecule has 0 saturated carbocycles. The molecular weight excluding hydrogens is 558 g/mol. The van der Waals surface area contributed by atoms with Crippen LogP contribution in [0.4, 0.5) is 10.5 Å². The lowest BCUT2D eigenvalue weighted by molar-refractivity contribution is -0.0166. The first kappa shape index (κ1) is 33.2. The van der Waals surface area contributed by atoms with Gasteiger partial charge in [0.15, 0.2) is 0 Å². The highest BCUT2D eigenvalue weighted by molar-refractivity contribution is 5.91. The number of nitrogens with one attached hydrogen (secondary N) is 1. The zero-order valence-corrected chi connectivity index (χ0v) is 27.3. The standard InChI is InChI=1S/C39H53N3O3/c1-39(45-38(43)40-37-21-9-8-20-36(37)34-17-6-3-7-18-34)24-29-41(30-25-39)26-10-12-31-44-32-13-11-27-42-28-14-19-35(42)23-22-33-15-4-2-5-16-33/h2-9,15-18,20-21,35H,10-14,19,22-32H2,1H3,(H,40,43). The van der Waals surface area contributed by atoms with Crippen molar-refractivity contribution in [3.8, 4) is 11.1 Å². The van der Waals surface area contributed by atoms with E-state index in [1.165, 1.54) is 50.8 Å². The average Bonchev–Trinajstić information content (AvgIpc) is 3.52. The number of piperidine rings is 1. The Hall–Kier alpha value is -3.19. The SMILES string of the molecule is CC1(OC(=O)Nc2ccccc2-c2ccccc2)CCN(CCCCOCCCCN2CCCC2CCc2ccccc2)CC1. The second-order valence-corrected chi connectivity index (χ2v) is 13.1. The fourth-order valence-corrected chi connectivity index (χ4v) is 6.83. The van der Waals surface area contributed by atoms with E-state index in [9.17, 15) is 4.79 Å². The summed E-state index contributed by atoms with van der Waals surface area (Å²) in [4.78, 5) is 18.1. The molecule has 1 N–H and O–H groups in total. The van der Waals surface area contributed by atoms with Crippen LogP contribution in [-0.4, -0.2) is 73.5 Å². The van der Waals surface area contributed by atoms with E-state index >= 15 is 0 Å². The van der Waals surface area contributed by atoms with E-state index in [2.05, 4.69) is 52.4 Å². The van der Waals surface area contributed by atoms with Gasteiger partial charge in [0.1, 0.15) is 5.60 Å². The number of carbonyl (C=O) groups is 1. The first-order chi connectivity index (χ1) is 22.1. The molecule has 2 saturated heterocycles. The summed E-state index contributed by atoms with van der Waals surface area (Å²) in [7, 11) is 0. The number of carbonyl (C=O) groups excluding carboxylic acids is 1. The van der Waals surface area contributed by atoms with E-state index in [1.807, 2.05) is 54.6 Å². The summed E-state index contributed by atoms with van der Waals surface area (Å²) >= 11 is 0. The van der Waals surface area contributed by atoms with Crippen LogP contribution < -0.4 is 5.32 Å². The summed E-state index contributed by atoms with van der Waals surface area (Å²) in [5, 5.41) is 2.99. The van der Waals surface area contributed by atoms with Crippen molar-refractivity contribution >= 4 is 11.8 Å². The molecule has 3 aromatic carbocycles. The number of benzene rings is 3. The van der Waals surface area contributed by atoms with Gasteiger partial charge in [-0.2, -0.15) is 0 Å². The molecule has 0 aromatic heterocycles. The Labute approximate surface area is 271 Å². The van der Waals surface area contributed by atoms with Crippen LogP contribution in [0.5, 0.6) is 0 Å². The Morgan fingerprint density at radius 2 is 1.49 bits per heavy atom. The van der Waals surface area contributed by atoms with Gasteiger partial charge in [0, 0.05) is 37.9 Å². The highest BCUT2D eigenvalue weighted by Crippen LogP contribution is 2.30. The lowest BCUT2D eigenvalue weighted by Crippen LogP contribution is -2.46. The predicted molar refractivity (Wildman–Crippen MR) is 185 cm³/mol. The molecule has 1 amide bonds. The van der Waals surface area contributed by atoms with E-state index in [0.29, 0.717) is 0 Å². The van der Waals surface area contributed by atoms with Gasteiger partial charge in [0.2, 0.25) is 0 Å². The summed E-state index contributed by atoms with van der Waals surface area (Å²) in [6, 6.07) is 29.7. The van der Waals surface area contributed by atoms with Gasteiger partial charge in [0.05, 0.1) is 5.69 Å². The Bertz CT molecular complexity index is 1280. The van der Waals surface area contributed by atoms with Crippen LogP contribution in [0.15, 0.2) is 84.9 Å². The summed E-state index contributed by atoms with van der Waals surface area (Å²) in [5.41, 5.74) is 3.85. The average molecular weight is 612 g/mol. The van der Waals surface area contributed by atoms with Gasteiger partial charge in [-0.25, -0.2) is 4.79 Å². The molecule has 2 aliphatic heterocycles. The molecule has 0 bridgehead atoms. The minimum absolute atomic E-state index is 0.380. The molecule has 5 rings (SSSR count). The number of rotatable bonds is 16. The fourth-order valence-electron chi connectivity index (χ4n) is 6.83. The third-order valence-electron chi connectivity index (χ3n) is 9.61. The van der Waals surface area contributed by atoms with Crippen LogP contribution in [0.3, 0.4) is 0 Å². The van der Waals surface area contributed by atoms with Crippen LogP contribution in [0.2, 0.25) is 0 Å². The third-order valence-corrected chi connectivity index (χ3v) is 9.61. The molecule has 6 nitrogen and oxygen atoms in total. The van der Waals surface area contributed by atoms with E-state index < -0.39 is 5.60 Å². The first-order valence-corrected chi connectivity index (χ1v) is 17.3. The van der Waals surface area contributed by atoms with Crippen LogP contribution in [0.1, 0.15) is 70.3 Å². The van der Waals surface area contributed by atoms with Gasteiger partial charge < -0.3 is 19.3 Å². The summed E-state index contributed by atoms with van der Waals surface area (Å²) in [6.45, 7) is 9.25. The first-order valence-electron chi connectivity index (χ1n) is 17.3. The molecular formula is C39H53N3O3. The Morgan fingerprint density at radius 3 is 2.24 bits per heavy atom. The molecule has 1 atom stereocenters. The van der Waals surface area contributed by atoms with Gasteiger partial charge in [-0.05, 0) is 108 Å².